The number of hydrogen-bond donors (Lipinski definition) is 0. The molecule has 0 aliphatic rings. The predicted molar refractivity (Wildman–Crippen MR) is 104 cm³/mol. The van der Waals surface area contributed by atoms with Gasteiger partial charge in [0.25, 0.3) is 0 Å². The van der Waals surface area contributed by atoms with Gasteiger partial charge in [-0.05, 0) is 73.4 Å². The minimum atomic E-state index is -0.749. The first-order valence-electron chi connectivity index (χ1n) is 9.95. The zero-order chi connectivity index (χ0) is 20.3. The van der Waals surface area contributed by atoms with Crippen molar-refractivity contribution in [1.82, 2.24) is 0 Å². The monoisotopic (exact) mass is 321 g/mol. The summed E-state index contributed by atoms with van der Waals surface area (Å²) in [5.41, 5.74) is 7.61. The average Bonchev–Trinajstić information content (AvgIpc) is 2.55. The Morgan fingerprint density at radius 1 is 1.00 bits per heavy atom. The van der Waals surface area contributed by atoms with Gasteiger partial charge in [-0.1, -0.05) is 31.5 Å². The fraction of sp³-hybridized carbons (Fsp3) is 0.348. The molecule has 3 aromatic rings. The molecule has 24 heavy (non-hydrogen) atoms. The molecular weight excluding hydrogens is 290 g/mol. The SMILES string of the molecule is [2H]c1c([2H])[n+](C)c(-c2cc(C)cc(C)c2C)c2cc(C)c(C([2H])(C)C)cc12. The minimum absolute atomic E-state index is 0.189. The van der Waals surface area contributed by atoms with Crippen LogP contribution in [-0.4, -0.2) is 0 Å². The first-order valence-corrected chi connectivity index (χ1v) is 8.45. The molecule has 0 amide bonds. The van der Waals surface area contributed by atoms with Crippen LogP contribution in [0.4, 0.5) is 0 Å². The van der Waals surface area contributed by atoms with Crippen molar-refractivity contribution in [2.75, 3.05) is 0 Å². The fourth-order valence-corrected chi connectivity index (χ4v) is 3.54. The van der Waals surface area contributed by atoms with Crippen molar-refractivity contribution < 1.29 is 8.68 Å². The van der Waals surface area contributed by atoms with Crippen LogP contribution in [0.25, 0.3) is 22.0 Å². The highest BCUT2D eigenvalue weighted by atomic mass is 14.9. The average molecular weight is 322 g/mol. The third kappa shape index (κ3) is 2.73. The van der Waals surface area contributed by atoms with Crippen LogP contribution in [0.1, 0.15) is 51.7 Å². The standard InChI is InChI=1S/C23H28N/c1-14(2)20-13-19-8-9-24(7)23(22(19)12-17(20)5)21-11-15(3)10-16(4)18(21)6/h8-14H,1-7H3/q+1/i8D,9D,14D. The van der Waals surface area contributed by atoms with Crippen LogP contribution in [-0.2, 0) is 7.05 Å². The molecule has 0 N–H and O–H groups in total. The summed E-state index contributed by atoms with van der Waals surface area (Å²) in [5, 5.41) is 1.71. The number of aromatic nitrogens is 1. The predicted octanol–water partition coefficient (Wildman–Crippen LogP) is 5.69. The van der Waals surface area contributed by atoms with E-state index in [9.17, 15) is 0 Å². The summed E-state index contributed by atoms with van der Waals surface area (Å²) < 4.78 is 27.3. The molecule has 0 bridgehead atoms. The van der Waals surface area contributed by atoms with E-state index in [1.54, 1.807) is 0 Å². The molecular formula is C23H28N+. The molecule has 0 fully saturated rings. The van der Waals surface area contributed by atoms with Crippen LogP contribution >= 0.6 is 0 Å². The van der Waals surface area contributed by atoms with E-state index in [0.717, 1.165) is 33.2 Å². The zero-order valence-electron chi connectivity index (χ0n) is 18.8. The van der Waals surface area contributed by atoms with Gasteiger partial charge in [-0.25, -0.2) is 4.57 Å². The maximum absolute atomic E-state index is 8.53. The smallest absolute Gasteiger partial charge is 0.200 e. The Kier molecular flexibility index (Phi) is 3.32. The van der Waals surface area contributed by atoms with E-state index in [1.807, 2.05) is 38.5 Å². The molecule has 2 aromatic carbocycles. The molecule has 0 atom stereocenters. The Morgan fingerprint density at radius 2 is 1.71 bits per heavy atom. The van der Waals surface area contributed by atoms with Crippen LogP contribution in [0, 0.1) is 27.7 Å². The van der Waals surface area contributed by atoms with Crippen molar-refractivity contribution in [2.45, 2.75) is 47.4 Å². The maximum Gasteiger partial charge on any atom is 0.220 e. The molecule has 1 aromatic heterocycles. The van der Waals surface area contributed by atoms with Crippen molar-refractivity contribution in [2.24, 2.45) is 7.05 Å². The van der Waals surface area contributed by atoms with E-state index in [1.165, 1.54) is 16.7 Å². The summed E-state index contributed by atoms with van der Waals surface area (Å²) in [6, 6.07) is 8.58. The zero-order valence-corrected chi connectivity index (χ0v) is 15.8. The summed E-state index contributed by atoms with van der Waals surface area (Å²) in [4.78, 5) is 0. The van der Waals surface area contributed by atoms with Gasteiger partial charge in [-0.15, -0.1) is 0 Å². The quantitative estimate of drug-likeness (QED) is 0.534. The molecule has 3 rings (SSSR count). The number of rotatable bonds is 2. The molecule has 0 saturated heterocycles. The van der Waals surface area contributed by atoms with Crippen molar-refractivity contribution in [1.29, 1.82) is 0 Å². The van der Waals surface area contributed by atoms with Gasteiger partial charge in [-0.3, -0.25) is 0 Å². The summed E-state index contributed by atoms with van der Waals surface area (Å²) in [6.45, 7) is 12.1. The van der Waals surface area contributed by atoms with Gasteiger partial charge in [0.15, 0.2) is 6.17 Å². The Morgan fingerprint density at radius 3 is 2.38 bits per heavy atom. The topological polar surface area (TPSA) is 3.88 Å². The number of benzene rings is 2. The molecule has 0 spiro atoms. The largest absolute Gasteiger partial charge is 0.220 e. The number of nitrogens with zero attached hydrogens (tertiary/aromatic N) is 1. The van der Waals surface area contributed by atoms with Crippen LogP contribution in [0.3, 0.4) is 0 Å². The second kappa shape index (κ2) is 6.05. The fourth-order valence-electron chi connectivity index (χ4n) is 3.54. The summed E-state index contributed by atoms with van der Waals surface area (Å²) in [7, 11) is 1.87. The molecule has 1 heterocycles. The first kappa shape index (κ1) is 13.2. The summed E-state index contributed by atoms with van der Waals surface area (Å²) in [6.07, 6.45) is 0.189. The lowest BCUT2D eigenvalue weighted by Gasteiger charge is -2.14. The lowest BCUT2D eigenvalue weighted by Crippen LogP contribution is -2.31. The molecule has 0 saturated carbocycles. The molecule has 0 radical (unpaired) electrons. The van der Waals surface area contributed by atoms with Gasteiger partial charge in [0.05, 0.1) is 12.3 Å². The Hall–Kier alpha value is -2.15. The summed E-state index contributed by atoms with van der Waals surface area (Å²) >= 11 is 0. The van der Waals surface area contributed by atoms with E-state index >= 15 is 0 Å². The normalized spacial score (nSPS) is 13.7. The van der Waals surface area contributed by atoms with Gasteiger partial charge in [0.2, 0.25) is 5.69 Å². The highest BCUT2D eigenvalue weighted by molar-refractivity contribution is 5.94. The van der Waals surface area contributed by atoms with Gasteiger partial charge in [-0.2, -0.15) is 0 Å². The second-order valence-corrected chi connectivity index (χ2v) is 7.11. The van der Waals surface area contributed by atoms with E-state index < -0.39 is 5.89 Å². The van der Waals surface area contributed by atoms with Gasteiger partial charge in [0.1, 0.15) is 8.42 Å². The molecule has 1 nitrogen and oxygen atoms in total. The third-order valence-corrected chi connectivity index (χ3v) is 4.92. The highest BCUT2D eigenvalue weighted by Crippen LogP contribution is 2.33. The van der Waals surface area contributed by atoms with Gasteiger partial charge in [0, 0.05) is 7.41 Å². The van der Waals surface area contributed by atoms with Crippen molar-refractivity contribution in [3.05, 3.63) is 64.3 Å². The van der Waals surface area contributed by atoms with Crippen LogP contribution < -0.4 is 4.57 Å². The van der Waals surface area contributed by atoms with E-state index in [-0.39, 0.29) is 12.2 Å². The number of hydrogen-bond acceptors (Lipinski definition) is 0. The van der Waals surface area contributed by atoms with Crippen LogP contribution in [0.2, 0.25) is 0 Å². The Bertz CT molecular complexity index is 1080. The molecule has 0 aliphatic carbocycles. The number of aryl methyl sites for hydroxylation is 3. The molecule has 0 aliphatic heterocycles. The van der Waals surface area contributed by atoms with E-state index in [0.29, 0.717) is 0 Å². The molecule has 0 unspecified atom stereocenters. The highest BCUT2D eigenvalue weighted by Gasteiger charge is 2.19. The van der Waals surface area contributed by atoms with Gasteiger partial charge < -0.3 is 0 Å². The van der Waals surface area contributed by atoms with Crippen LogP contribution in [0.15, 0.2) is 36.5 Å². The number of pyridine rings is 1. The van der Waals surface area contributed by atoms with E-state index in [2.05, 4.69) is 39.0 Å². The first-order chi connectivity index (χ1) is 12.4. The lowest BCUT2D eigenvalue weighted by molar-refractivity contribution is -0.659. The van der Waals surface area contributed by atoms with Crippen LogP contribution in [0.5, 0.6) is 0 Å². The van der Waals surface area contributed by atoms with Gasteiger partial charge >= 0.3 is 0 Å². The lowest BCUT2D eigenvalue weighted by atomic mass is 9.91. The Balaban J connectivity index is 2.53. The second-order valence-electron chi connectivity index (χ2n) is 7.11. The van der Waals surface area contributed by atoms with Crippen molar-refractivity contribution in [3.8, 4) is 11.3 Å². The number of fused-ring (bicyclic) bond motifs is 1. The minimum Gasteiger partial charge on any atom is -0.200 e. The summed E-state index contributed by atoms with van der Waals surface area (Å²) in [5.74, 6) is -0.749. The van der Waals surface area contributed by atoms with E-state index in [4.69, 9.17) is 4.11 Å². The molecule has 124 valence electrons. The van der Waals surface area contributed by atoms with Crippen molar-refractivity contribution in [3.63, 3.8) is 0 Å². The maximum atomic E-state index is 8.53. The third-order valence-electron chi connectivity index (χ3n) is 4.92. The van der Waals surface area contributed by atoms with Crippen molar-refractivity contribution >= 4 is 10.8 Å². The molecule has 1 heteroatoms. The Labute approximate surface area is 150 Å².